The van der Waals surface area contributed by atoms with Gasteiger partial charge in [-0.15, -0.1) is 0 Å². The van der Waals surface area contributed by atoms with Crippen LogP contribution >= 0.6 is 11.6 Å². The lowest BCUT2D eigenvalue weighted by atomic mass is 9.77. The van der Waals surface area contributed by atoms with Crippen LogP contribution in [0.25, 0.3) is 11.4 Å². The molecular formula is C17H19ClN4O2. The van der Waals surface area contributed by atoms with E-state index in [9.17, 15) is 4.79 Å². The maximum absolute atomic E-state index is 12.2. The number of hydrogen-bond donors (Lipinski definition) is 0. The maximum atomic E-state index is 12.2. The number of ketones is 1. The second-order valence-electron chi connectivity index (χ2n) is 6.50. The minimum atomic E-state index is 0.183. The molecule has 7 heteroatoms. The maximum Gasteiger partial charge on any atom is 0.241 e. The average Bonchev–Trinajstić information content (AvgIpc) is 3.06. The summed E-state index contributed by atoms with van der Waals surface area (Å²) in [6, 6.07) is 3.93. The van der Waals surface area contributed by atoms with Crippen molar-refractivity contribution < 1.29 is 9.32 Å². The number of carbonyl (C=O) groups is 1. The molecule has 2 aromatic heterocycles. The van der Waals surface area contributed by atoms with Crippen LogP contribution in [0.1, 0.15) is 38.0 Å². The van der Waals surface area contributed by atoms with Gasteiger partial charge in [-0.3, -0.25) is 9.69 Å². The topological polar surface area (TPSA) is 72.1 Å². The third-order valence-electron chi connectivity index (χ3n) is 5.06. The number of carbonyl (C=O) groups excluding carboxylic acids is 1. The molecule has 6 nitrogen and oxygen atoms in total. The Labute approximate surface area is 145 Å². The quantitative estimate of drug-likeness (QED) is 0.795. The Balaban J connectivity index is 1.51. The van der Waals surface area contributed by atoms with E-state index in [1.165, 1.54) is 6.42 Å². The summed E-state index contributed by atoms with van der Waals surface area (Å²) in [6.45, 7) is 1.35. The molecule has 2 aliphatic rings. The van der Waals surface area contributed by atoms with Crippen molar-refractivity contribution in [1.29, 1.82) is 0 Å². The first-order chi connectivity index (χ1) is 11.7. The molecule has 3 heterocycles. The zero-order valence-electron chi connectivity index (χ0n) is 13.3. The third-order valence-corrected chi connectivity index (χ3v) is 5.37. The predicted molar refractivity (Wildman–Crippen MR) is 88.3 cm³/mol. The predicted octanol–water partition coefficient (Wildman–Crippen LogP) is 3.12. The highest BCUT2D eigenvalue weighted by molar-refractivity contribution is 6.31. The van der Waals surface area contributed by atoms with Gasteiger partial charge in [0.1, 0.15) is 10.9 Å². The number of halogens is 1. The minimum Gasteiger partial charge on any atom is -0.338 e. The summed E-state index contributed by atoms with van der Waals surface area (Å²) >= 11 is 6.09. The molecule has 24 heavy (non-hydrogen) atoms. The van der Waals surface area contributed by atoms with Crippen molar-refractivity contribution in [2.75, 3.05) is 6.54 Å². The fourth-order valence-corrected chi connectivity index (χ4v) is 4.08. The molecule has 0 radical (unpaired) electrons. The second kappa shape index (κ2) is 6.61. The van der Waals surface area contributed by atoms with E-state index in [2.05, 4.69) is 20.0 Å². The van der Waals surface area contributed by atoms with Crippen molar-refractivity contribution >= 4 is 17.4 Å². The van der Waals surface area contributed by atoms with Crippen LogP contribution in [0.3, 0.4) is 0 Å². The van der Waals surface area contributed by atoms with Gasteiger partial charge in [0.2, 0.25) is 11.7 Å². The van der Waals surface area contributed by atoms with Crippen molar-refractivity contribution in [3.05, 3.63) is 29.4 Å². The molecule has 2 fully saturated rings. The lowest BCUT2D eigenvalue weighted by Gasteiger charge is -2.42. The Bertz CT molecular complexity index is 748. The monoisotopic (exact) mass is 346 g/mol. The van der Waals surface area contributed by atoms with Crippen molar-refractivity contribution in [2.24, 2.45) is 5.92 Å². The van der Waals surface area contributed by atoms with E-state index in [0.717, 1.165) is 25.8 Å². The molecule has 2 aromatic rings. The number of nitrogens with zero attached hydrogens (tertiary/aromatic N) is 4. The fraction of sp³-hybridized carbons (Fsp3) is 0.529. The standard InChI is InChI=1S/C17H19ClN4O2/c18-16-12(5-3-8-19-16)17-20-15(24-21-17)10-22-9-7-14(23)11-4-1-2-6-13(11)22/h3,5,8,11,13H,1-2,4,6-7,9-10H2. The van der Waals surface area contributed by atoms with Crippen molar-refractivity contribution in [3.8, 4) is 11.4 Å². The molecule has 2 unspecified atom stereocenters. The highest BCUT2D eigenvalue weighted by Crippen LogP contribution is 2.34. The first kappa shape index (κ1) is 15.7. The van der Waals surface area contributed by atoms with Crippen molar-refractivity contribution in [3.63, 3.8) is 0 Å². The summed E-state index contributed by atoms with van der Waals surface area (Å²) in [7, 11) is 0. The van der Waals surface area contributed by atoms with Gasteiger partial charge in [-0.05, 0) is 25.0 Å². The van der Waals surface area contributed by atoms with Crippen LogP contribution in [-0.4, -0.2) is 38.4 Å². The molecule has 1 saturated heterocycles. The van der Waals surface area contributed by atoms with E-state index in [0.29, 0.717) is 47.2 Å². The number of piperidine rings is 1. The van der Waals surface area contributed by atoms with Gasteiger partial charge >= 0.3 is 0 Å². The zero-order chi connectivity index (χ0) is 16.5. The summed E-state index contributed by atoms with van der Waals surface area (Å²) in [4.78, 5) is 23.0. The second-order valence-corrected chi connectivity index (χ2v) is 6.86. The lowest BCUT2D eigenvalue weighted by Crippen LogP contribution is -2.50. The molecule has 126 valence electrons. The van der Waals surface area contributed by atoms with Gasteiger partial charge in [-0.25, -0.2) is 4.98 Å². The van der Waals surface area contributed by atoms with Crippen LogP contribution in [0.15, 0.2) is 22.9 Å². The minimum absolute atomic E-state index is 0.183. The molecule has 4 rings (SSSR count). The van der Waals surface area contributed by atoms with E-state index in [4.69, 9.17) is 16.1 Å². The number of fused-ring (bicyclic) bond motifs is 1. The number of rotatable bonds is 3. The normalized spacial score (nSPS) is 24.8. The summed E-state index contributed by atoms with van der Waals surface area (Å²) < 4.78 is 5.41. The van der Waals surface area contributed by atoms with E-state index < -0.39 is 0 Å². The van der Waals surface area contributed by atoms with Gasteiger partial charge in [0, 0.05) is 31.1 Å². The fourth-order valence-electron chi connectivity index (χ4n) is 3.88. The van der Waals surface area contributed by atoms with E-state index in [-0.39, 0.29) is 5.92 Å². The van der Waals surface area contributed by atoms with Crippen LogP contribution in [0.4, 0.5) is 0 Å². The zero-order valence-corrected chi connectivity index (χ0v) is 14.1. The highest BCUT2D eigenvalue weighted by atomic mass is 35.5. The largest absolute Gasteiger partial charge is 0.338 e. The van der Waals surface area contributed by atoms with Crippen LogP contribution in [0, 0.1) is 5.92 Å². The van der Waals surface area contributed by atoms with Gasteiger partial charge < -0.3 is 4.52 Å². The number of hydrogen-bond acceptors (Lipinski definition) is 6. The molecule has 2 atom stereocenters. The Kier molecular flexibility index (Phi) is 4.33. The van der Waals surface area contributed by atoms with E-state index in [1.807, 2.05) is 6.07 Å². The Morgan fingerprint density at radius 2 is 2.21 bits per heavy atom. The molecule has 0 N–H and O–H groups in total. The third kappa shape index (κ3) is 2.96. The number of pyridine rings is 1. The Hall–Kier alpha value is -1.79. The van der Waals surface area contributed by atoms with Gasteiger partial charge in [0.15, 0.2) is 0 Å². The van der Waals surface area contributed by atoms with Crippen molar-refractivity contribution in [1.82, 2.24) is 20.0 Å². The highest BCUT2D eigenvalue weighted by Gasteiger charge is 2.38. The number of likely N-dealkylation sites (tertiary alicyclic amines) is 1. The molecule has 0 amide bonds. The Morgan fingerprint density at radius 3 is 3.08 bits per heavy atom. The van der Waals surface area contributed by atoms with Crippen molar-refractivity contribution in [2.45, 2.75) is 44.7 Å². The first-order valence-electron chi connectivity index (χ1n) is 8.42. The molecule has 0 spiro atoms. The van der Waals surface area contributed by atoms with E-state index >= 15 is 0 Å². The van der Waals surface area contributed by atoms with Crippen LogP contribution in [0.5, 0.6) is 0 Å². The summed E-state index contributed by atoms with van der Waals surface area (Å²) in [5.74, 6) is 1.62. The first-order valence-corrected chi connectivity index (χ1v) is 8.80. The Morgan fingerprint density at radius 1 is 1.33 bits per heavy atom. The molecule has 0 aromatic carbocycles. The molecular weight excluding hydrogens is 328 g/mol. The van der Waals surface area contributed by atoms with Gasteiger partial charge in [0.05, 0.1) is 12.1 Å². The van der Waals surface area contributed by atoms with Crippen LogP contribution in [0.2, 0.25) is 5.15 Å². The number of aromatic nitrogens is 3. The average molecular weight is 347 g/mol. The molecule has 1 aliphatic heterocycles. The number of Topliss-reactive ketones (excluding diaryl/α,β-unsaturated/α-hetero) is 1. The summed E-state index contributed by atoms with van der Waals surface area (Å²) in [5, 5.41) is 4.39. The van der Waals surface area contributed by atoms with Crippen LogP contribution in [-0.2, 0) is 11.3 Å². The lowest BCUT2D eigenvalue weighted by molar-refractivity contribution is -0.131. The van der Waals surface area contributed by atoms with Gasteiger partial charge in [0.25, 0.3) is 0 Å². The molecule has 1 aliphatic carbocycles. The van der Waals surface area contributed by atoms with Crippen LogP contribution < -0.4 is 0 Å². The van der Waals surface area contributed by atoms with Gasteiger partial charge in [-0.1, -0.05) is 29.6 Å². The molecule has 1 saturated carbocycles. The van der Waals surface area contributed by atoms with E-state index in [1.54, 1.807) is 12.3 Å². The van der Waals surface area contributed by atoms with Gasteiger partial charge in [-0.2, -0.15) is 4.98 Å². The summed E-state index contributed by atoms with van der Waals surface area (Å²) in [6.07, 6.45) is 6.68. The molecule has 0 bridgehead atoms. The summed E-state index contributed by atoms with van der Waals surface area (Å²) in [5.41, 5.74) is 0.665. The SMILES string of the molecule is O=C1CCN(Cc2nc(-c3cccnc3Cl)no2)C2CCCCC12. The smallest absolute Gasteiger partial charge is 0.241 e.